The van der Waals surface area contributed by atoms with Gasteiger partial charge in [-0.05, 0) is 19.4 Å². The minimum Gasteiger partial charge on any atom is -0.388 e. The molecule has 2 aliphatic rings. The number of aromatic nitrogens is 1. The van der Waals surface area contributed by atoms with Crippen LogP contribution in [-0.2, 0) is 10.2 Å². The number of fused-ring (bicyclic) bond motifs is 1. The number of rotatable bonds is 5. The molecule has 0 aromatic carbocycles. The minimum absolute atomic E-state index is 0.120. The summed E-state index contributed by atoms with van der Waals surface area (Å²) in [5.41, 5.74) is 2.45. The van der Waals surface area contributed by atoms with E-state index in [9.17, 15) is 9.90 Å². The van der Waals surface area contributed by atoms with Crippen LogP contribution in [0.25, 0.3) is 0 Å². The topological polar surface area (TPSA) is 68.7 Å². The van der Waals surface area contributed by atoms with Gasteiger partial charge < -0.3 is 15.3 Å². The van der Waals surface area contributed by atoms with E-state index in [4.69, 9.17) is 0 Å². The second kappa shape index (κ2) is 7.62. The number of piperazine rings is 1. The highest BCUT2D eigenvalue weighted by molar-refractivity contribution is 5.97. The molecule has 1 aromatic heterocycles. The summed E-state index contributed by atoms with van der Waals surface area (Å²) in [6.45, 7) is 12.2. The minimum atomic E-state index is -0.521. The third kappa shape index (κ3) is 3.92. The summed E-state index contributed by atoms with van der Waals surface area (Å²) in [7, 11) is 0. The Morgan fingerprint density at radius 2 is 2.27 bits per heavy atom. The number of anilines is 1. The van der Waals surface area contributed by atoms with E-state index >= 15 is 0 Å². The Balaban J connectivity index is 1.81. The number of hydrogen-bond donors (Lipinski definition) is 2. The molecule has 0 aliphatic carbocycles. The first-order valence-corrected chi connectivity index (χ1v) is 9.76. The number of aliphatic hydroxyl groups is 1. The van der Waals surface area contributed by atoms with Crippen molar-refractivity contribution in [3.05, 3.63) is 23.5 Å². The zero-order valence-corrected chi connectivity index (χ0v) is 16.5. The molecule has 2 unspecified atom stereocenters. The molecule has 0 spiro atoms. The Hall–Kier alpha value is -1.50. The predicted molar refractivity (Wildman–Crippen MR) is 103 cm³/mol. The molecule has 0 saturated carbocycles. The fourth-order valence-electron chi connectivity index (χ4n) is 4.03. The first-order valence-electron chi connectivity index (χ1n) is 9.76. The summed E-state index contributed by atoms with van der Waals surface area (Å²) in [6, 6.07) is 2.38. The van der Waals surface area contributed by atoms with Gasteiger partial charge in [-0.1, -0.05) is 27.2 Å². The van der Waals surface area contributed by atoms with Gasteiger partial charge in [-0.3, -0.25) is 14.7 Å². The molecule has 6 nitrogen and oxygen atoms in total. The summed E-state index contributed by atoms with van der Waals surface area (Å²) < 4.78 is 0. The Morgan fingerprint density at radius 3 is 2.96 bits per heavy atom. The number of amides is 1. The van der Waals surface area contributed by atoms with Crippen molar-refractivity contribution in [2.45, 2.75) is 58.1 Å². The predicted octanol–water partition coefficient (Wildman–Crippen LogP) is 1.83. The van der Waals surface area contributed by atoms with Gasteiger partial charge in [0.1, 0.15) is 0 Å². The van der Waals surface area contributed by atoms with Crippen LogP contribution in [-0.4, -0.2) is 59.7 Å². The molecule has 0 radical (unpaired) electrons. The molecule has 6 heteroatoms. The van der Waals surface area contributed by atoms with Gasteiger partial charge in [0.25, 0.3) is 0 Å². The third-order valence-electron chi connectivity index (χ3n) is 5.43. The van der Waals surface area contributed by atoms with E-state index < -0.39 is 6.10 Å². The molecule has 1 fully saturated rings. The van der Waals surface area contributed by atoms with Crippen molar-refractivity contribution in [3.8, 4) is 0 Å². The molecule has 144 valence electrons. The molecule has 3 heterocycles. The first kappa shape index (κ1) is 19.3. The second-order valence-corrected chi connectivity index (χ2v) is 8.39. The normalized spacial score (nSPS) is 23.7. The maximum Gasteiger partial charge on any atom is 0.241 e. The molecule has 26 heavy (non-hydrogen) atoms. The van der Waals surface area contributed by atoms with E-state index in [1.807, 2.05) is 11.0 Å². The van der Waals surface area contributed by atoms with Crippen LogP contribution in [0.1, 0.15) is 57.9 Å². The second-order valence-electron chi connectivity index (χ2n) is 8.39. The monoisotopic (exact) mass is 360 g/mol. The summed E-state index contributed by atoms with van der Waals surface area (Å²) in [6.07, 6.45) is 2.86. The van der Waals surface area contributed by atoms with Gasteiger partial charge in [0.15, 0.2) is 0 Å². The standard InChI is InChI=1S/C20H32N4O2/c1-5-6-17(25)15-9-16-19(22-10-15)20(3,4)13-24(16)18(26)12-23-8-7-21-14(2)11-23/h9-10,14,17,21,25H,5-8,11-13H2,1-4H3. The molecule has 3 rings (SSSR count). The van der Waals surface area contributed by atoms with Crippen molar-refractivity contribution in [1.29, 1.82) is 0 Å². The molecule has 2 atom stereocenters. The van der Waals surface area contributed by atoms with Gasteiger partial charge in [0.05, 0.1) is 24.0 Å². The highest BCUT2D eigenvalue weighted by Gasteiger charge is 2.40. The van der Waals surface area contributed by atoms with Crippen molar-refractivity contribution < 1.29 is 9.90 Å². The lowest BCUT2D eigenvalue weighted by Gasteiger charge is -2.32. The quantitative estimate of drug-likeness (QED) is 0.838. The summed E-state index contributed by atoms with van der Waals surface area (Å²) in [4.78, 5) is 21.8. The summed E-state index contributed by atoms with van der Waals surface area (Å²) in [5, 5.41) is 13.7. The van der Waals surface area contributed by atoms with Crippen molar-refractivity contribution in [1.82, 2.24) is 15.2 Å². The zero-order chi connectivity index (χ0) is 18.9. The zero-order valence-electron chi connectivity index (χ0n) is 16.5. The highest BCUT2D eigenvalue weighted by atomic mass is 16.3. The molecular weight excluding hydrogens is 328 g/mol. The van der Waals surface area contributed by atoms with E-state index in [1.54, 1.807) is 6.20 Å². The molecule has 2 N–H and O–H groups in total. The Labute approximate surface area is 156 Å². The van der Waals surface area contributed by atoms with Gasteiger partial charge in [-0.15, -0.1) is 0 Å². The van der Waals surface area contributed by atoms with Crippen LogP contribution >= 0.6 is 0 Å². The lowest BCUT2D eigenvalue weighted by Crippen LogP contribution is -2.52. The average molecular weight is 361 g/mol. The molecular formula is C20H32N4O2. The Morgan fingerprint density at radius 1 is 1.50 bits per heavy atom. The van der Waals surface area contributed by atoms with E-state index in [-0.39, 0.29) is 11.3 Å². The van der Waals surface area contributed by atoms with E-state index in [2.05, 4.69) is 42.9 Å². The largest absolute Gasteiger partial charge is 0.388 e. The van der Waals surface area contributed by atoms with Crippen molar-refractivity contribution in [2.24, 2.45) is 0 Å². The maximum atomic E-state index is 13.1. The number of nitrogens with zero attached hydrogens (tertiary/aromatic N) is 3. The van der Waals surface area contributed by atoms with Gasteiger partial charge in [0, 0.05) is 49.4 Å². The van der Waals surface area contributed by atoms with Crippen LogP contribution in [0.3, 0.4) is 0 Å². The number of nitrogens with one attached hydrogen (secondary N) is 1. The molecule has 1 aromatic rings. The number of aliphatic hydroxyl groups excluding tert-OH is 1. The maximum absolute atomic E-state index is 13.1. The summed E-state index contributed by atoms with van der Waals surface area (Å²) in [5.74, 6) is 0.120. The van der Waals surface area contributed by atoms with Gasteiger partial charge in [0.2, 0.25) is 5.91 Å². The van der Waals surface area contributed by atoms with E-state index in [1.165, 1.54) is 0 Å². The Bertz CT molecular complexity index is 661. The van der Waals surface area contributed by atoms with Gasteiger partial charge in [-0.2, -0.15) is 0 Å². The number of carbonyl (C=O) groups excluding carboxylic acids is 1. The molecule has 0 bridgehead atoms. The van der Waals surface area contributed by atoms with E-state index in [0.29, 0.717) is 25.6 Å². The van der Waals surface area contributed by atoms with Crippen LogP contribution in [0.4, 0.5) is 5.69 Å². The van der Waals surface area contributed by atoms with Gasteiger partial charge in [-0.25, -0.2) is 0 Å². The van der Waals surface area contributed by atoms with Crippen molar-refractivity contribution >= 4 is 11.6 Å². The van der Waals surface area contributed by atoms with Crippen LogP contribution in [0.2, 0.25) is 0 Å². The van der Waals surface area contributed by atoms with Crippen LogP contribution in [0, 0.1) is 0 Å². The number of hydrogen-bond acceptors (Lipinski definition) is 5. The van der Waals surface area contributed by atoms with Crippen molar-refractivity contribution in [3.63, 3.8) is 0 Å². The smallest absolute Gasteiger partial charge is 0.241 e. The Kier molecular flexibility index (Phi) is 5.65. The van der Waals surface area contributed by atoms with Gasteiger partial charge >= 0.3 is 0 Å². The average Bonchev–Trinajstić information content (AvgIpc) is 2.86. The van der Waals surface area contributed by atoms with Crippen LogP contribution in [0.5, 0.6) is 0 Å². The lowest BCUT2D eigenvalue weighted by atomic mass is 9.91. The van der Waals surface area contributed by atoms with Crippen LogP contribution < -0.4 is 10.2 Å². The van der Waals surface area contributed by atoms with Crippen molar-refractivity contribution in [2.75, 3.05) is 37.6 Å². The summed E-state index contributed by atoms with van der Waals surface area (Å²) >= 11 is 0. The molecule has 1 saturated heterocycles. The van der Waals surface area contributed by atoms with E-state index in [0.717, 1.165) is 43.0 Å². The third-order valence-corrected chi connectivity index (χ3v) is 5.43. The molecule has 2 aliphatic heterocycles. The first-order chi connectivity index (χ1) is 12.3. The highest BCUT2D eigenvalue weighted by Crippen LogP contribution is 2.40. The number of carbonyl (C=O) groups is 1. The lowest BCUT2D eigenvalue weighted by molar-refractivity contribution is -0.120. The van der Waals surface area contributed by atoms with Crippen LogP contribution in [0.15, 0.2) is 12.3 Å². The molecule has 1 amide bonds. The SMILES string of the molecule is CCCC(O)c1cnc2c(c1)N(C(=O)CN1CCNC(C)C1)CC2(C)C. The number of pyridine rings is 1. The fourth-order valence-corrected chi connectivity index (χ4v) is 4.03. The fraction of sp³-hybridized carbons (Fsp3) is 0.700.